The van der Waals surface area contributed by atoms with E-state index in [1.54, 1.807) is 0 Å². The lowest BCUT2D eigenvalue weighted by Gasteiger charge is -2.31. The molecule has 4 N–H and O–H groups in total. The molecule has 0 unspecified atom stereocenters. The minimum Gasteiger partial charge on any atom is -0.507 e. The molecule has 54 heavy (non-hydrogen) atoms. The number of hydrogen-bond donors (Lipinski definition) is 4. The molecule has 0 aromatic heterocycles. The van der Waals surface area contributed by atoms with Gasteiger partial charge in [-0.1, -0.05) is 134 Å². The van der Waals surface area contributed by atoms with Crippen LogP contribution in [-0.2, 0) is 51.3 Å². The number of imide groups is 1. The van der Waals surface area contributed by atoms with E-state index >= 15 is 0 Å². The van der Waals surface area contributed by atoms with Crippen LogP contribution in [0.15, 0.2) is 36.4 Å². The summed E-state index contributed by atoms with van der Waals surface area (Å²) in [5.74, 6) is 0.571. The second kappa shape index (κ2) is 14.3. The Morgan fingerprint density at radius 2 is 0.833 bits per heavy atom. The first-order chi connectivity index (χ1) is 24.4. The topological polar surface area (TPSA) is 110 Å². The van der Waals surface area contributed by atoms with E-state index in [0.29, 0.717) is 42.7 Å². The third-order valence-electron chi connectivity index (χ3n) is 11.0. The SMILES string of the molecule is Cc1cc(CN2C(=O)NC(CCc3cc(C(C)(C)C)c(O)c(C(C)(C)C)c3)(CCc3cc(C(C)(C)C)c(O)c(C(C)(C)C)c3)C2=O)cc(C(C)(C)C)c1O. The molecule has 3 amide bonds. The molecule has 3 aromatic carbocycles. The van der Waals surface area contributed by atoms with Crippen molar-refractivity contribution in [3.8, 4) is 17.2 Å². The number of phenolic OH excluding ortho intramolecular Hbond substituents is 3. The van der Waals surface area contributed by atoms with Gasteiger partial charge in [0.25, 0.3) is 5.91 Å². The number of hydrogen-bond acceptors (Lipinski definition) is 5. The lowest BCUT2D eigenvalue weighted by molar-refractivity contribution is -0.132. The molecule has 1 heterocycles. The van der Waals surface area contributed by atoms with Crippen molar-refractivity contribution >= 4 is 11.9 Å². The van der Waals surface area contributed by atoms with Gasteiger partial charge in [-0.05, 0) is 116 Å². The molecule has 7 heteroatoms. The average molecular weight is 741 g/mol. The Hall–Kier alpha value is -4.00. The third kappa shape index (κ3) is 8.92. The van der Waals surface area contributed by atoms with E-state index in [9.17, 15) is 24.9 Å². The number of aryl methyl sites for hydroxylation is 3. The summed E-state index contributed by atoms with van der Waals surface area (Å²) < 4.78 is 0. The van der Waals surface area contributed by atoms with Gasteiger partial charge >= 0.3 is 6.03 Å². The van der Waals surface area contributed by atoms with Gasteiger partial charge in [0.2, 0.25) is 0 Å². The maximum atomic E-state index is 14.8. The molecule has 4 rings (SSSR count). The van der Waals surface area contributed by atoms with Crippen LogP contribution >= 0.6 is 0 Å². The zero-order valence-corrected chi connectivity index (χ0v) is 36.1. The maximum absolute atomic E-state index is 14.8. The normalized spacial score (nSPS) is 15.6. The summed E-state index contributed by atoms with van der Waals surface area (Å²) in [5.41, 5.74) is 4.89. The van der Waals surface area contributed by atoms with E-state index in [2.05, 4.69) is 113 Å². The highest BCUT2D eigenvalue weighted by Crippen LogP contribution is 2.43. The number of carbonyl (C=O) groups excluding carboxylic acids is 2. The first-order valence-corrected chi connectivity index (χ1v) is 19.6. The van der Waals surface area contributed by atoms with Crippen LogP contribution in [0.25, 0.3) is 0 Å². The zero-order chi connectivity index (χ0) is 41.1. The largest absolute Gasteiger partial charge is 0.507 e. The Morgan fingerprint density at radius 1 is 0.519 bits per heavy atom. The molecule has 1 aliphatic rings. The van der Waals surface area contributed by atoms with Crippen molar-refractivity contribution in [1.29, 1.82) is 0 Å². The van der Waals surface area contributed by atoms with Gasteiger partial charge < -0.3 is 20.6 Å². The van der Waals surface area contributed by atoms with Crippen LogP contribution in [0, 0.1) is 6.92 Å². The van der Waals surface area contributed by atoms with Crippen LogP contribution in [0.4, 0.5) is 4.79 Å². The summed E-state index contributed by atoms with van der Waals surface area (Å²) in [6.45, 7) is 33.1. The second-order valence-electron chi connectivity index (χ2n) is 21.0. The molecule has 0 aliphatic carbocycles. The lowest BCUT2D eigenvalue weighted by atomic mass is 9.76. The number of aromatic hydroxyl groups is 3. The van der Waals surface area contributed by atoms with Gasteiger partial charge in [-0.15, -0.1) is 0 Å². The number of amides is 3. The van der Waals surface area contributed by atoms with Crippen LogP contribution in [0.5, 0.6) is 17.2 Å². The maximum Gasteiger partial charge on any atom is 0.325 e. The van der Waals surface area contributed by atoms with Gasteiger partial charge in [-0.2, -0.15) is 0 Å². The predicted octanol–water partition coefficient (Wildman–Crippen LogP) is 10.7. The second-order valence-corrected chi connectivity index (χ2v) is 21.0. The first kappa shape index (κ1) is 42.7. The number of phenols is 3. The number of benzene rings is 3. The highest BCUT2D eigenvalue weighted by molar-refractivity contribution is 6.07. The van der Waals surface area contributed by atoms with Crippen molar-refractivity contribution in [2.45, 2.75) is 176 Å². The minimum atomic E-state index is -1.20. The van der Waals surface area contributed by atoms with E-state index in [-0.39, 0.29) is 45.3 Å². The summed E-state index contributed by atoms with van der Waals surface area (Å²) in [6.07, 6.45) is 1.75. The lowest BCUT2D eigenvalue weighted by Crippen LogP contribution is -2.48. The van der Waals surface area contributed by atoms with E-state index in [4.69, 9.17) is 0 Å². The molecule has 1 saturated heterocycles. The molecular formula is C47H68N2O5. The summed E-state index contributed by atoms with van der Waals surface area (Å²) in [7, 11) is 0. The van der Waals surface area contributed by atoms with Crippen molar-refractivity contribution in [2.24, 2.45) is 0 Å². The van der Waals surface area contributed by atoms with Gasteiger partial charge in [0.1, 0.15) is 22.8 Å². The Kier molecular flexibility index (Phi) is 11.3. The van der Waals surface area contributed by atoms with Gasteiger partial charge in [0, 0.05) is 0 Å². The standard InChI is InChI=1S/C47H68N2O5/c1-28-21-31(26-32(37(28)50)42(2,3)4)27-49-40(53)47(48-41(49)54,19-17-29-22-33(43(5,6)7)38(51)34(23-29)44(8,9)10)20-18-30-24-35(45(11,12)13)39(52)36(25-30)46(14,15)16/h21-26,50-52H,17-20,27H2,1-16H3,(H,48,54). The van der Waals surface area contributed by atoms with Gasteiger partial charge in [0.05, 0.1) is 6.54 Å². The van der Waals surface area contributed by atoms with Crippen molar-refractivity contribution in [1.82, 2.24) is 10.2 Å². The quantitative estimate of drug-likeness (QED) is 0.172. The first-order valence-electron chi connectivity index (χ1n) is 19.6. The van der Waals surface area contributed by atoms with Crippen LogP contribution in [0.2, 0.25) is 0 Å². The fourth-order valence-electron chi connectivity index (χ4n) is 7.66. The molecule has 296 valence electrons. The molecule has 0 spiro atoms. The number of nitrogens with zero attached hydrogens (tertiary/aromatic N) is 1. The number of rotatable bonds is 8. The Balaban J connectivity index is 1.82. The third-order valence-corrected chi connectivity index (χ3v) is 11.0. The smallest absolute Gasteiger partial charge is 0.325 e. The number of nitrogens with one attached hydrogen (secondary N) is 1. The van der Waals surface area contributed by atoms with E-state index in [1.165, 1.54) is 4.90 Å². The Bertz CT molecular complexity index is 1760. The monoisotopic (exact) mass is 741 g/mol. The van der Waals surface area contributed by atoms with Crippen LogP contribution < -0.4 is 5.32 Å². The van der Waals surface area contributed by atoms with Gasteiger partial charge in [-0.25, -0.2) is 4.79 Å². The highest BCUT2D eigenvalue weighted by Gasteiger charge is 2.50. The molecule has 0 bridgehead atoms. The molecule has 0 atom stereocenters. The molecule has 1 fully saturated rings. The molecule has 0 radical (unpaired) electrons. The summed E-state index contributed by atoms with van der Waals surface area (Å²) in [4.78, 5) is 30.1. The van der Waals surface area contributed by atoms with Crippen molar-refractivity contribution in [3.63, 3.8) is 0 Å². The molecule has 7 nitrogen and oxygen atoms in total. The van der Waals surface area contributed by atoms with Crippen molar-refractivity contribution in [2.75, 3.05) is 0 Å². The fraction of sp³-hybridized carbons (Fsp3) is 0.574. The Labute approximate surface area is 325 Å². The molecule has 0 saturated carbocycles. The van der Waals surface area contributed by atoms with E-state index in [0.717, 1.165) is 44.5 Å². The minimum absolute atomic E-state index is 0.0831. The van der Waals surface area contributed by atoms with E-state index < -0.39 is 11.6 Å². The number of urea groups is 1. The van der Waals surface area contributed by atoms with Gasteiger partial charge in [0.15, 0.2) is 0 Å². The van der Waals surface area contributed by atoms with Crippen LogP contribution in [0.1, 0.15) is 167 Å². The summed E-state index contributed by atoms with van der Waals surface area (Å²) in [6, 6.07) is 11.5. The summed E-state index contributed by atoms with van der Waals surface area (Å²) in [5, 5.41) is 36.9. The van der Waals surface area contributed by atoms with Gasteiger partial charge in [-0.3, -0.25) is 9.69 Å². The van der Waals surface area contributed by atoms with Crippen LogP contribution in [0.3, 0.4) is 0 Å². The fourth-order valence-corrected chi connectivity index (χ4v) is 7.66. The average Bonchev–Trinajstić information content (AvgIpc) is 3.23. The summed E-state index contributed by atoms with van der Waals surface area (Å²) >= 11 is 0. The number of carbonyl (C=O) groups is 2. The Morgan fingerprint density at radius 3 is 1.17 bits per heavy atom. The zero-order valence-electron chi connectivity index (χ0n) is 36.1. The van der Waals surface area contributed by atoms with E-state index in [1.807, 2.05) is 39.8 Å². The van der Waals surface area contributed by atoms with Crippen LogP contribution in [-0.4, -0.2) is 37.7 Å². The molecule has 1 aliphatic heterocycles. The predicted molar refractivity (Wildman–Crippen MR) is 221 cm³/mol. The van der Waals surface area contributed by atoms with Crippen molar-refractivity contribution < 1.29 is 24.9 Å². The van der Waals surface area contributed by atoms with Crippen molar-refractivity contribution in [3.05, 3.63) is 86.5 Å². The molecular weight excluding hydrogens is 673 g/mol. The highest BCUT2D eigenvalue weighted by atomic mass is 16.3. The molecule has 3 aromatic rings.